The van der Waals surface area contributed by atoms with Gasteiger partial charge in [0, 0.05) is 31.0 Å². The van der Waals surface area contributed by atoms with Crippen molar-refractivity contribution in [3.8, 4) is 0 Å². The number of hydrogen-bond donors (Lipinski definition) is 1. The number of likely N-dealkylation sites (tertiary alicyclic amines) is 1. The summed E-state index contributed by atoms with van der Waals surface area (Å²) in [6.07, 6.45) is 5.55. The first-order valence-corrected chi connectivity index (χ1v) is 7.20. The summed E-state index contributed by atoms with van der Waals surface area (Å²) in [5, 5.41) is 0. The van der Waals surface area contributed by atoms with Gasteiger partial charge >= 0.3 is 6.03 Å². The molecule has 0 spiro atoms. The Labute approximate surface area is 114 Å². The molecule has 19 heavy (non-hydrogen) atoms. The minimum absolute atomic E-state index is 0.172. The average Bonchev–Trinajstić information content (AvgIpc) is 2.46. The normalized spacial score (nSPS) is 19.2. The number of nitrogens with two attached hydrogens (primary N) is 1. The van der Waals surface area contributed by atoms with E-state index >= 15 is 0 Å². The van der Waals surface area contributed by atoms with Gasteiger partial charge in [-0.3, -0.25) is 4.90 Å². The number of aryl methyl sites for hydroxylation is 1. The molecule has 2 aliphatic rings. The summed E-state index contributed by atoms with van der Waals surface area (Å²) in [7, 11) is 0. The number of carbonyl (C=O) groups is 1. The minimum Gasteiger partial charge on any atom is -0.399 e. The van der Waals surface area contributed by atoms with Crippen molar-refractivity contribution in [1.29, 1.82) is 0 Å². The lowest BCUT2D eigenvalue weighted by atomic mass is 10.0. The molecule has 1 aromatic carbocycles. The zero-order chi connectivity index (χ0) is 13.2. The maximum atomic E-state index is 12.6. The molecule has 0 unspecified atom stereocenters. The summed E-state index contributed by atoms with van der Waals surface area (Å²) < 4.78 is 0. The Hall–Kier alpha value is -1.71. The smallest absolute Gasteiger partial charge is 0.324 e. The van der Waals surface area contributed by atoms with Gasteiger partial charge < -0.3 is 10.6 Å². The predicted octanol–water partition coefficient (Wildman–Crippen LogP) is 2.63. The van der Waals surface area contributed by atoms with Crippen molar-refractivity contribution < 1.29 is 4.79 Å². The molecule has 2 amide bonds. The van der Waals surface area contributed by atoms with Crippen LogP contribution in [0, 0.1) is 0 Å². The van der Waals surface area contributed by atoms with E-state index in [0.717, 1.165) is 56.7 Å². The molecule has 0 atom stereocenters. The van der Waals surface area contributed by atoms with Gasteiger partial charge in [-0.1, -0.05) is 0 Å². The molecule has 2 N–H and O–H groups in total. The minimum atomic E-state index is 0.172. The number of urea groups is 1. The van der Waals surface area contributed by atoms with Crippen molar-refractivity contribution in [2.45, 2.75) is 32.1 Å². The van der Waals surface area contributed by atoms with Crippen LogP contribution in [0.5, 0.6) is 0 Å². The summed E-state index contributed by atoms with van der Waals surface area (Å²) in [4.78, 5) is 16.6. The molecule has 1 fully saturated rings. The van der Waals surface area contributed by atoms with Crippen molar-refractivity contribution in [1.82, 2.24) is 4.90 Å². The van der Waals surface area contributed by atoms with Crippen LogP contribution in [-0.2, 0) is 6.42 Å². The summed E-state index contributed by atoms with van der Waals surface area (Å²) in [5.41, 5.74) is 8.87. The van der Waals surface area contributed by atoms with Crippen LogP contribution in [0.3, 0.4) is 0 Å². The van der Waals surface area contributed by atoms with Crippen LogP contribution in [0.15, 0.2) is 18.2 Å². The van der Waals surface area contributed by atoms with Crippen LogP contribution in [0.4, 0.5) is 16.2 Å². The fraction of sp³-hybridized carbons (Fsp3) is 0.533. The number of nitrogen functional groups attached to an aromatic ring is 1. The van der Waals surface area contributed by atoms with Crippen LogP contribution in [0.1, 0.15) is 31.2 Å². The molecule has 0 radical (unpaired) electrons. The summed E-state index contributed by atoms with van der Waals surface area (Å²) in [6, 6.07) is 6.06. The molecule has 0 aromatic heterocycles. The Morgan fingerprint density at radius 3 is 2.63 bits per heavy atom. The average molecular weight is 259 g/mol. The molecule has 2 heterocycles. The zero-order valence-electron chi connectivity index (χ0n) is 11.3. The van der Waals surface area contributed by atoms with Crippen molar-refractivity contribution in [3.63, 3.8) is 0 Å². The van der Waals surface area contributed by atoms with E-state index in [9.17, 15) is 4.79 Å². The number of fused-ring (bicyclic) bond motifs is 1. The fourth-order valence-electron chi connectivity index (χ4n) is 3.07. The molecule has 1 aromatic rings. The molecule has 0 bridgehead atoms. The highest BCUT2D eigenvalue weighted by Gasteiger charge is 2.27. The molecule has 0 saturated carbocycles. The standard InChI is InChI=1S/C15H21N3O/c16-13-6-7-14-12(11-13)5-4-10-18(14)15(19)17-8-2-1-3-9-17/h6-7,11H,1-5,8-10,16H2. The van der Waals surface area contributed by atoms with Crippen LogP contribution in [-0.4, -0.2) is 30.6 Å². The number of amides is 2. The number of nitrogens with zero attached hydrogens (tertiary/aromatic N) is 2. The van der Waals surface area contributed by atoms with E-state index in [1.165, 1.54) is 12.0 Å². The van der Waals surface area contributed by atoms with E-state index in [-0.39, 0.29) is 6.03 Å². The van der Waals surface area contributed by atoms with Crippen molar-refractivity contribution >= 4 is 17.4 Å². The zero-order valence-corrected chi connectivity index (χ0v) is 11.3. The van der Waals surface area contributed by atoms with Gasteiger partial charge in [0.25, 0.3) is 0 Å². The highest BCUT2D eigenvalue weighted by atomic mass is 16.2. The quantitative estimate of drug-likeness (QED) is 0.728. The van der Waals surface area contributed by atoms with Gasteiger partial charge in [0.2, 0.25) is 0 Å². The first-order valence-electron chi connectivity index (χ1n) is 7.20. The van der Waals surface area contributed by atoms with Crippen molar-refractivity contribution in [3.05, 3.63) is 23.8 Å². The number of hydrogen-bond acceptors (Lipinski definition) is 2. The molecular weight excluding hydrogens is 238 g/mol. The van der Waals surface area contributed by atoms with E-state index in [1.807, 2.05) is 28.0 Å². The van der Waals surface area contributed by atoms with E-state index in [2.05, 4.69) is 0 Å². The predicted molar refractivity (Wildman–Crippen MR) is 77.3 cm³/mol. The number of anilines is 2. The number of rotatable bonds is 0. The molecule has 1 saturated heterocycles. The lowest BCUT2D eigenvalue weighted by Gasteiger charge is -2.36. The third kappa shape index (κ3) is 2.39. The Kier molecular flexibility index (Phi) is 3.32. The lowest BCUT2D eigenvalue weighted by molar-refractivity contribution is 0.192. The highest BCUT2D eigenvalue weighted by Crippen LogP contribution is 2.30. The summed E-state index contributed by atoms with van der Waals surface area (Å²) in [6.45, 7) is 2.63. The largest absolute Gasteiger partial charge is 0.399 e. The molecule has 4 heteroatoms. The Balaban J connectivity index is 1.84. The van der Waals surface area contributed by atoms with Crippen LogP contribution < -0.4 is 10.6 Å². The molecule has 4 nitrogen and oxygen atoms in total. The van der Waals surface area contributed by atoms with Crippen LogP contribution >= 0.6 is 0 Å². The summed E-state index contributed by atoms with van der Waals surface area (Å²) in [5.74, 6) is 0. The van der Waals surface area contributed by atoms with Gasteiger partial charge in [0.05, 0.1) is 0 Å². The Bertz CT molecular complexity index is 480. The Morgan fingerprint density at radius 1 is 1.05 bits per heavy atom. The topological polar surface area (TPSA) is 49.6 Å². The van der Waals surface area contributed by atoms with Gasteiger partial charge in [-0.2, -0.15) is 0 Å². The van der Waals surface area contributed by atoms with E-state index in [4.69, 9.17) is 5.73 Å². The monoisotopic (exact) mass is 259 g/mol. The first-order chi connectivity index (χ1) is 9.25. The fourth-order valence-corrected chi connectivity index (χ4v) is 3.07. The Morgan fingerprint density at radius 2 is 1.84 bits per heavy atom. The lowest BCUT2D eigenvalue weighted by Crippen LogP contribution is -2.47. The van der Waals surface area contributed by atoms with Crippen LogP contribution in [0.25, 0.3) is 0 Å². The van der Waals surface area contributed by atoms with Crippen LogP contribution in [0.2, 0.25) is 0 Å². The molecule has 3 rings (SSSR count). The molecule has 0 aliphatic carbocycles. The number of benzene rings is 1. The maximum absolute atomic E-state index is 12.6. The van der Waals surface area contributed by atoms with E-state index in [1.54, 1.807) is 0 Å². The SMILES string of the molecule is Nc1ccc2c(c1)CCCN2C(=O)N1CCCCC1. The molecule has 2 aliphatic heterocycles. The van der Waals surface area contributed by atoms with E-state index < -0.39 is 0 Å². The maximum Gasteiger partial charge on any atom is 0.324 e. The van der Waals surface area contributed by atoms with Crippen molar-refractivity contribution in [2.75, 3.05) is 30.3 Å². The second-order valence-electron chi connectivity index (χ2n) is 5.47. The molecule has 102 valence electrons. The first kappa shape index (κ1) is 12.3. The summed E-state index contributed by atoms with van der Waals surface area (Å²) >= 11 is 0. The van der Waals surface area contributed by atoms with Gasteiger partial charge in [0.1, 0.15) is 0 Å². The van der Waals surface area contributed by atoms with Gasteiger partial charge in [0.15, 0.2) is 0 Å². The second-order valence-corrected chi connectivity index (χ2v) is 5.47. The third-order valence-corrected chi connectivity index (χ3v) is 4.08. The third-order valence-electron chi connectivity index (χ3n) is 4.08. The molecular formula is C15H21N3O. The second kappa shape index (κ2) is 5.11. The van der Waals surface area contributed by atoms with Gasteiger partial charge in [-0.15, -0.1) is 0 Å². The number of carbonyl (C=O) groups excluding carboxylic acids is 1. The van der Waals surface area contributed by atoms with Crippen molar-refractivity contribution in [2.24, 2.45) is 0 Å². The van der Waals surface area contributed by atoms with Gasteiger partial charge in [-0.25, -0.2) is 4.79 Å². The number of piperidine rings is 1. The van der Waals surface area contributed by atoms with Gasteiger partial charge in [-0.05, 0) is 55.9 Å². The van der Waals surface area contributed by atoms with E-state index in [0.29, 0.717) is 0 Å². The highest BCUT2D eigenvalue weighted by molar-refractivity contribution is 5.93.